The number of thiazole rings is 1. The van der Waals surface area contributed by atoms with Crippen LogP contribution in [0.1, 0.15) is 31.5 Å². The molecule has 1 aromatic heterocycles. The quantitative estimate of drug-likeness (QED) is 0.887. The number of aliphatic carboxylic acids is 1. The molecular formula is C12H18N2O3S. The van der Waals surface area contributed by atoms with Gasteiger partial charge in [-0.25, -0.2) is 9.78 Å². The molecular weight excluding hydrogens is 252 g/mol. The highest BCUT2D eigenvalue weighted by Gasteiger charge is 2.31. The van der Waals surface area contributed by atoms with E-state index in [1.807, 2.05) is 12.3 Å². The number of amides is 1. The number of nitrogens with zero attached hydrogens (tertiary/aromatic N) is 2. The normalized spacial score (nSPS) is 12.5. The van der Waals surface area contributed by atoms with Crippen molar-refractivity contribution in [2.75, 3.05) is 0 Å². The maximum Gasteiger partial charge on any atom is 0.326 e. The van der Waals surface area contributed by atoms with E-state index in [-0.39, 0.29) is 18.4 Å². The smallest absolute Gasteiger partial charge is 0.326 e. The number of aryl methyl sites for hydroxylation is 1. The van der Waals surface area contributed by atoms with Crippen LogP contribution in [0.4, 0.5) is 0 Å². The average molecular weight is 270 g/mol. The van der Waals surface area contributed by atoms with Crippen LogP contribution in [0.25, 0.3) is 0 Å². The molecule has 1 aromatic rings. The van der Waals surface area contributed by atoms with Crippen molar-refractivity contribution in [3.8, 4) is 0 Å². The summed E-state index contributed by atoms with van der Waals surface area (Å²) in [5, 5.41) is 12.0. The number of hydrogen-bond donors (Lipinski definition) is 1. The summed E-state index contributed by atoms with van der Waals surface area (Å²) in [6.45, 7) is 7.10. The highest BCUT2D eigenvalue weighted by atomic mass is 32.1. The lowest BCUT2D eigenvalue weighted by Gasteiger charge is -2.29. The zero-order valence-electron chi connectivity index (χ0n) is 11.0. The monoisotopic (exact) mass is 270 g/mol. The van der Waals surface area contributed by atoms with E-state index in [4.69, 9.17) is 0 Å². The third kappa shape index (κ3) is 3.53. The Hall–Kier alpha value is -1.43. The first-order valence-electron chi connectivity index (χ1n) is 5.74. The predicted octanol–water partition coefficient (Wildman–Crippen LogP) is 1.91. The van der Waals surface area contributed by atoms with Gasteiger partial charge in [0.2, 0.25) is 5.91 Å². The van der Waals surface area contributed by atoms with Gasteiger partial charge < -0.3 is 10.0 Å². The number of carbonyl (C=O) groups excluding carboxylic acids is 1. The molecule has 1 rings (SSSR count). The summed E-state index contributed by atoms with van der Waals surface area (Å²) in [6, 6.07) is -0.815. The third-order valence-electron chi connectivity index (χ3n) is 2.62. The summed E-state index contributed by atoms with van der Waals surface area (Å²) in [7, 11) is 0. The number of carboxylic acid groups (broad SMARTS) is 1. The van der Waals surface area contributed by atoms with Gasteiger partial charge in [-0.15, -0.1) is 11.3 Å². The zero-order chi connectivity index (χ0) is 13.9. The van der Waals surface area contributed by atoms with Gasteiger partial charge in [0, 0.05) is 12.3 Å². The fraction of sp³-hybridized carbons (Fsp3) is 0.583. The van der Waals surface area contributed by atoms with E-state index in [2.05, 4.69) is 4.98 Å². The molecule has 0 spiro atoms. The second kappa shape index (κ2) is 5.95. The summed E-state index contributed by atoms with van der Waals surface area (Å²) in [5.74, 6) is -1.37. The molecule has 0 aliphatic heterocycles. The number of rotatable bonds is 5. The van der Waals surface area contributed by atoms with E-state index in [1.54, 1.807) is 13.8 Å². The maximum atomic E-state index is 11.6. The first-order valence-corrected chi connectivity index (χ1v) is 6.62. The van der Waals surface area contributed by atoms with Gasteiger partial charge in [0.25, 0.3) is 0 Å². The molecule has 0 aromatic carbocycles. The molecule has 0 saturated carbocycles. The van der Waals surface area contributed by atoms with Gasteiger partial charge in [0.15, 0.2) is 0 Å². The topological polar surface area (TPSA) is 70.5 Å². The Morgan fingerprint density at radius 2 is 2.11 bits per heavy atom. The van der Waals surface area contributed by atoms with Gasteiger partial charge in [0.1, 0.15) is 6.04 Å². The number of carboxylic acids is 1. The molecule has 1 heterocycles. The number of carbonyl (C=O) groups is 2. The van der Waals surface area contributed by atoms with Crippen LogP contribution < -0.4 is 0 Å². The van der Waals surface area contributed by atoms with E-state index in [1.165, 1.54) is 23.2 Å². The second-order valence-corrected chi connectivity index (χ2v) is 5.59. The standard InChI is InChI=1S/C12H18N2O3S/c1-7(2)11(12(16)17)14(9(4)15)5-10-6-18-8(3)13-10/h6-7,11H,5H2,1-4H3,(H,16,17). The van der Waals surface area contributed by atoms with Crippen LogP contribution >= 0.6 is 11.3 Å². The van der Waals surface area contributed by atoms with Crippen LogP contribution in [0, 0.1) is 12.8 Å². The molecule has 0 aliphatic carbocycles. The lowest BCUT2D eigenvalue weighted by molar-refractivity contribution is -0.152. The minimum absolute atomic E-state index is 0.147. The van der Waals surface area contributed by atoms with Gasteiger partial charge in [-0.05, 0) is 12.8 Å². The first kappa shape index (κ1) is 14.6. The molecule has 5 nitrogen and oxygen atoms in total. The molecule has 0 saturated heterocycles. The molecule has 0 bridgehead atoms. The van der Waals surface area contributed by atoms with Crippen molar-refractivity contribution in [2.45, 2.75) is 40.3 Å². The fourth-order valence-corrected chi connectivity index (χ4v) is 2.44. The van der Waals surface area contributed by atoms with Gasteiger partial charge in [-0.2, -0.15) is 0 Å². The van der Waals surface area contributed by atoms with Crippen LogP contribution in [0.3, 0.4) is 0 Å². The zero-order valence-corrected chi connectivity index (χ0v) is 11.8. The minimum atomic E-state index is -0.979. The van der Waals surface area contributed by atoms with Gasteiger partial charge in [0.05, 0.1) is 17.2 Å². The van der Waals surface area contributed by atoms with Gasteiger partial charge in [-0.3, -0.25) is 4.79 Å². The van der Waals surface area contributed by atoms with Crippen molar-refractivity contribution >= 4 is 23.2 Å². The summed E-state index contributed by atoms with van der Waals surface area (Å²) >= 11 is 1.49. The van der Waals surface area contributed by atoms with Crippen LogP contribution in [0.5, 0.6) is 0 Å². The first-order chi connectivity index (χ1) is 8.32. The number of hydrogen-bond acceptors (Lipinski definition) is 4. The third-order valence-corrected chi connectivity index (χ3v) is 3.45. The maximum absolute atomic E-state index is 11.6. The van der Waals surface area contributed by atoms with E-state index < -0.39 is 12.0 Å². The molecule has 0 fully saturated rings. The Kier molecular flexibility index (Phi) is 4.84. The van der Waals surface area contributed by atoms with Crippen LogP contribution in [0.15, 0.2) is 5.38 Å². The molecule has 1 N–H and O–H groups in total. The Labute approximate surface area is 110 Å². The Bertz CT molecular complexity index is 442. The molecule has 0 radical (unpaired) electrons. The minimum Gasteiger partial charge on any atom is -0.480 e. The predicted molar refractivity (Wildman–Crippen MR) is 69.3 cm³/mol. The van der Waals surface area contributed by atoms with E-state index in [0.29, 0.717) is 0 Å². The molecule has 1 atom stereocenters. The molecule has 18 heavy (non-hydrogen) atoms. The van der Waals surface area contributed by atoms with Crippen molar-refractivity contribution < 1.29 is 14.7 Å². The summed E-state index contributed by atoms with van der Waals surface area (Å²) in [6.07, 6.45) is 0. The van der Waals surface area contributed by atoms with Crippen molar-refractivity contribution in [1.29, 1.82) is 0 Å². The molecule has 6 heteroatoms. The van der Waals surface area contributed by atoms with Crippen LogP contribution in [0.2, 0.25) is 0 Å². The summed E-state index contributed by atoms with van der Waals surface area (Å²) < 4.78 is 0. The van der Waals surface area contributed by atoms with Crippen molar-refractivity contribution in [2.24, 2.45) is 5.92 Å². The van der Waals surface area contributed by atoms with Crippen molar-refractivity contribution in [1.82, 2.24) is 9.88 Å². The fourth-order valence-electron chi connectivity index (χ4n) is 1.84. The Morgan fingerprint density at radius 1 is 1.50 bits per heavy atom. The van der Waals surface area contributed by atoms with E-state index >= 15 is 0 Å². The van der Waals surface area contributed by atoms with Crippen molar-refractivity contribution in [3.63, 3.8) is 0 Å². The highest BCUT2D eigenvalue weighted by molar-refractivity contribution is 7.09. The molecule has 1 unspecified atom stereocenters. The highest BCUT2D eigenvalue weighted by Crippen LogP contribution is 2.17. The van der Waals surface area contributed by atoms with E-state index in [0.717, 1.165) is 10.7 Å². The van der Waals surface area contributed by atoms with Gasteiger partial charge >= 0.3 is 5.97 Å². The average Bonchev–Trinajstić information content (AvgIpc) is 2.61. The Morgan fingerprint density at radius 3 is 2.44 bits per heavy atom. The van der Waals surface area contributed by atoms with E-state index in [9.17, 15) is 14.7 Å². The largest absolute Gasteiger partial charge is 0.480 e. The molecule has 1 amide bonds. The van der Waals surface area contributed by atoms with Crippen LogP contribution in [-0.2, 0) is 16.1 Å². The lowest BCUT2D eigenvalue weighted by Crippen LogP contribution is -2.46. The van der Waals surface area contributed by atoms with Gasteiger partial charge in [-0.1, -0.05) is 13.8 Å². The second-order valence-electron chi connectivity index (χ2n) is 4.53. The molecule has 100 valence electrons. The van der Waals surface area contributed by atoms with Crippen molar-refractivity contribution in [3.05, 3.63) is 16.1 Å². The summed E-state index contributed by atoms with van der Waals surface area (Å²) in [5.41, 5.74) is 0.736. The molecule has 0 aliphatic rings. The lowest BCUT2D eigenvalue weighted by atomic mass is 10.0. The van der Waals surface area contributed by atoms with Crippen LogP contribution in [-0.4, -0.2) is 32.9 Å². The summed E-state index contributed by atoms with van der Waals surface area (Å²) in [4.78, 5) is 28.5. The number of aromatic nitrogens is 1. The SMILES string of the molecule is CC(=O)N(Cc1csc(C)n1)C(C(=O)O)C(C)C. The Balaban J connectivity index is 2.94.